The highest BCUT2D eigenvalue weighted by atomic mass is 16.6. The standard InChI is InChI=1S/C22H27N3O3/c1-17-8-7-9-18(2)21(17)25(19(3)26)24-14-12-23(13-15-24)22(27)28-16-20-10-5-4-6-11-20/h4-11H,12-16H2,1-3H3. The van der Waals surface area contributed by atoms with Gasteiger partial charge in [0.25, 0.3) is 0 Å². The molecule has 1 aliphatic heterocycles. The fourth-order valence-electron chi connectivity index (χ4n) is 3.53. The molecule has 6 nitrogen and oxygen atoms in total. The molecule has 0 atom stereocenters. The normalized spacial score (nSPS) is 14.6. The van der Waals surface area contributed by atoms with Gasteiger partial charge in [-0.15, -0.1) is 0 Å². The Morgan fingerprint density at radius 1 is 0.929 bits per heavy atom. The zero-order chi connectivity index (χ0) is 20.1. The summed E-state index contributed by atoms with van der Waals surface area (Å²) in [4.78, 5) is 26.5. The quantitative estimate of drug-likeness (QED) is 0.813. The van der Waals surface area contributed by atoms with E-state index < -0.39 is 0 Å². The lowest BCUT2D eigenvalue weighted by molar-refractivity contribution is -0.120. The van der Waals surface area contributed by atoms with E-state index in [1.165, 1.54) is 0 Å². The van der Waals surface area contributed by atoms with Crippen LogP contribution in [0.5, 0.6) is 0 Å². The summed E-state index contributed by atoms with van der Waals surface area (Å²) >= 11 is 0. The number of piperazine rings is 1. The molecular weight excluding hydrogens is 354 g/mol. The Morgan fingerprint density at radius 2 is 1.54 bits per heavy atom. The third-order valence-corrected chi connectivity index (χ3v) is 4.95. The first-order chi connectivity index (χ1) is 13.5. The second kappa shape index (κ2) is 8.89. The van der Waals surface area contributed by atoms with E-state index in [0.29, 0.717) is 26.2 Å². The van der Waals surface area contributed by atoms with E-state index >= 15 is 0 Å². The summed E-state index contributed by atoms with van der Waals surface area (Å²) in [6.07, 6.45) is -0.315. The molecule has 0 bridgehead atoms. The lowest BCUT2D eigenvalue weighted by Crippen LogP contribution is -2.56. The Morgan fingerprint density at radius 3 is 2.11 bits per heavy atom. The zero-order valence-electron chi connectivity index (χ0n) is 16.7. The molecule has 28 heavy (non-hydrogen) atoms. The highest BCUT2D eigenvalue weighted by Gasteiger charge is 2.29. The molecule has 1 heterocycles. The molecule has 1 saturated heterocycles. The van der Waals surface area contributed by atoms with Crippen molar-refractivity contribution in [2.24, 2.45) is 0 Å². The minimum atomic E-state index is -0.315. The van der Waals surface area contributed by atoms with E-state index in [9.17, 15) is 9.59 Å². The molecule has 1 aliphatic rings. The van der Waals surface area contributed by atoms with Crippen molar-refractivity contribution < 1.29 is 14.3 Å². The molecule has 0 aromatic heterocycles. The van der Waals surface area contributed by atoms with E-state index in [1.807, 2.05) is 67.4 Å². The van der Waals surface area contributed by atoms with Gasteiger partial charge in [-0.25, -0.2) is 14.8 Å². The van der Waals surface area contributed by atoms with Crippen LogP contribution in [0.3, 0.4) is 0 Å². The molecule has 1 fully saturated rings. The molecule has 2 aromatic rings. The van der Waals surface area contributed by atoms with Crippen molar-refractivity contribution in [3.63, 3.8) is 0 Å². The van der Waals surface area contributed by atoms with Crippen molar-refractivity contribution in [3.05, 3.63) is 65.2 Å². The van der Waals surface area contributed by atoms with Crippen molar-refractivity contribution in [2.45, 2.75) is 27.4 Å². The summed E-state index contributed by atoms with van der Waals surface area (Å²) in [7, 11) is 0. The molecule has 0 N–H and O–H groups in total. The highest BCUT2D eigenvalue weighted by Crippen LogP contribution is 2.27. The van der Waals surface area contributed by atoms with Crippen molar-refractivity contribution in [3.8, 4) is 0 Å². The Labute approximate surface area is 166 Å². The van der Waals surface area contributed by atoms with Crippen molar-refractivity contribution >= 4 is 17.7 Å². The van der Waals surface area contributed by atoms with Crippen LogP contribution < -0.4 is 5.01 Å². The fraction of sp³-hybridized carbons (Fsp3) is 0.364. The van der Waals surface area contributed by atoms with Gasteiger partial charge in [0.05, 0.1) is 5.69 Å². The van der Waals surface area contributed by atoms with Gasteiger partial charge >= 0.3 is 6.09 Å². The molecule has 6 heteroatoms. The summed E-state index contributed by atoms with van der Waals surface area (Å²) in [5, 5.41) is 3.76. The number of nitrogens with zero attached hydrogens (tertiary/aromatic N) is 3. The van der Waals surface area contributed by atoms with Crippen molar-refractivity contribution in [1.82, 2.24) is 9.91 Å². The largest absolute Gasteiger partial charge is 0.445 e. The third kappa shape index (κ3) is 4.51. The first-order valence-corrected chi connectivity index (χ1v) is 9.55. The van der Waals surface area contributed by atoms with E-state index in [-0.39, 0.29) is 18.6 Å². The summed E-state index contributed by atoms with van der Waals surface area (Å²) < 4.78 is 5.42. The molecule has 0 unspecified atom stereocenters. The summed E-state index contributed by atoms with van der Waals surface area (Å²) in [6, 6.07) is 15.7. The lowest BCUT2D eigenvalue weighted by Gasteiger charge is -2.41. The van der Waals surface area contributed by atoms with E-state index in [0.717, 1.165) is 22.4 Å². The van der Waals surface area contributed by atoms with Crippen LogP contribution in [0.1, 0.15) is 23.6 Å². The zero-order valence-corrected chi connectivity index (χ0v) is 16.7. The van der Waals surface area contributed by atoms with E-state index in [2.05, 4.69) is 0 Å². The van der Waals surface area contributed by atoms with Gasteiger partial charge in [-0.3, -0.25) is 4.79 Å². The number of rotatable bonds is 4. The molecule has 2 amide bonds. The second-order valence-corrected chi connectivity index (χ2v) is 7.05. The van der Waals surface area contributed by atoms with Gasteiger partial charge in [0.15, 0.2) is 0 Å². The number of hydrazine groups is 1. The van der Waals surface area contributed by atoms with Crippen LogP contribution in [0.4, 0.5) is 10.5 Å². The Bertz CT molecular complexity index is 810. The first-order valence-electron chi connectivity index (χ1n) is 9.55. The van der Waals surface area contributed by atoms with Crippen LogP contribution in [-0.2, 0) is 16.1 Å². The number of anilines is 1. The number of hydrogen-bond donors (Lipinski definition) is 0. The first kappa shape index (κ1) is 19.9. The lowest BCUT2D eigenvalue weighted by atomic mass is 10.1. The number of carbonyl (C=O) groups is 2. The number of para-hydroxylation sites is 1. The minimum absolute atomic E-state index is 0.0301. The van der Waals surface area contributed by atoms with Crippen molar-refractivity contribution in [2.75, 3.05) is 31.2 Å². The number of amides is 2. The van der Waals surface area contributed by atoms with Gasteiger partial charge < -0.3 is 9.64 Å². The number of aryl methyl sites for hydroxylation is 2. The summed E-state index contributed by atoms with van der Waals surface area (Å²) in [5.41, 5.74) is 4.00. The summed E-state index contributed by atoms with van der Waals surface area (Å²) in [5.74, 6) is -0.0301. The SMILES string of the molecule is CC(=O)N(c1c(C)cccc1C)N1CCN(C(=O)OCc2ccccc2)CC1. The third-order valence-electron chi connectivity index (χ3n) is 4.95. The van der Waals surface area contributed by atoms with Gasteiger partial charge in [0.2, 0.25) is 5.91 Å². The summed E-state index contributed by atoms with van der Waals surface area (Å²) in [6.45, 7) is 8.05. The minimum Gasteiger partial charge on any atom is -0.445 e. The van der Waals surface area contributed by atoms with Crippen LogP contribution >= 0.6 is 0 Å². The highest BCUT2D eigenvalue weighted by molar-refractivity contribution is 5.92. The average Bonchev–Trinajstić information content (AvgIpc) is 2.70. The molecule has 2 aromatic carbocycles. The maximum Gasteiger partial charge on any atom is 0.410 e. The van der Waals surface area contributed by atoms with Gasteiger partial charge in [-0.1, -0.05) is 48.5 Å². The molecule has 0 saturated carbocycles. The predicted octanol–water partition coefficient (Wildman–Crippen LogP) is 3.53. The smallest absolute Gasteiger partial charge is 0.410 e. The number of ether oxygens (including phenoxy) is 1. The van der Waals surface area contributed by atoms with E-state index in [1.54, 1.807) is 16.8 Å². The van der Waals surface area contributed by atoms with Gasteiger partial charge in [-0.05, 0) is 30.5 Å². The Kier molecular flexibility index (Phi) is 6.31. The predicted molar refractivity (Wildman–Crippen MR) is 109 cm³/mol. The number of benzene rings is 2. The second-order valence-electron chi connectivity index (χ2n) is 7.05. The van der Waals surface area contributed by atoms with Crippen LogP contribution in [0.15, 0.2) is 48.5 Å². The molecular formula is C22H27N3O3. The molecule has 3 rings (SSSR count). The van der Waals surface area contributed by atoms with Gasteiger partial charge in [0, 0.05) is 33.1 Å². The number of hydrogen-bond acceptors (Lipinski definition) is 4. The Balaban J connectivity index is 1.61. The van der Waals surface area contributed by atoms with Gasteiger partial charge in [-0.2, -0.15) is 0 Å². The maximum absolute atomic E-state index is 12.4. The average molecular weight is 381 g/mol. The fourth-order valence-corrected chi connectivity index (χ4v) is 3.53. The number of carbonyl (C=O) groups excluding carboxylic acids is 2. The monoisotopic (exact) mass is 381 g/mol. The molecule has 0 spiro atoms. The van der Waals surface area contributed by atoms with Gasteiger partial charge in [0.1, 0.15) is 6.61 Å². The van der Waals surface area contributed by atoms with Crippen LogP contribution in [0, 0.1) is 13.8 Å². The van der Waals surface area contributed by atoms with Crippen LogP contribution in [0.25, 0.3) is 0 Å². The van der Waals surface area contributed by atoms with Crippen molar-refractivity contribution in [1.29, 1.82) is 0 Å². The topological polar surface area (TPSA) is 53.1 Å². The molecule has 0 radical (unpaired) electrons. The Hall–Kier alpha value is -2.86. The maximum atomic E-state index is 12.4. The van der Waals surface area contributed by atoms with Crippen LogP contribution in [-0.4, -0.2) is 48.1 Å². The van der Waals surface area contributed by atoms with Crippen LogP contribution in [0.2, 0.25) is 0 Å². The van der Waals surface area contributed by atoms with E-state index in [4.69, 9.17) is 4.74 Å². The molecule has 148 valence electrons. The molecule has 0 aliphatic carbocycles.